The molecular formula is C16H20N2O. The van der Waals surface area contributed by atoms with Crippen molar-refractivity contribution in [3.8, 4) is 0 Å². The summed E-state index contributed by atoms with van der Waals surface area (Å²) >= 11 is 0. The summed E-state index contributed by atoms with van der Waals surface area (Å²) in [5.41, 5.74) is 5.26. The van der Waals surface area contributed by atoms with E-state index < -0.39 is 0 Å². The average molecular weight is 256 g/mol. The zero-order valence-electron chi connectivity index (χ0n) is 12.0. The number of aryl methyl sites for hydroxylation is 3. The molecule has 19 heavy (non-hydrogen) atoms. The van der Waals surface area contributed by atoms with E-state index in [1.807, 2.05) is 56.8 Å². The Hall–Kier alpha value is -1.90. The Kier molecular flexibility index (Phi) is 3.84. The van der Waals surface area contributed by atoms with Crippen molar-refractivity contribution in [1.82, 2.24) is 9.78 Å². The molecule has 0 bridgehead atoms. The van der Waals surface area contributed by atoms with Gasteiger partial charge in [-0.05, 0) is 38.3 Å². The molecular weight excluding hydrogens is 236 g/mol. The highest BCUT2D eigenvalue weighted by molar-refractivity contribution is 5.97. The third kappa shape index (κ3) is 2.75. The number of nitrogens with zero attached hydrogens (tertiary/aromatic N) is 2. The Morgan fingerprint density at radius 3 is 2.47 bits per heavy atom. The smallest absolute Gasteiger partial charge is 0.163 e. The van der Waals surface area contributed by atoms with Gasteiger partial charge in [-0.2, -0.15) is 5.10 Å². The van der Waals surface area contributed by atoms with Gasteiger partial charge in [0.15, 0.2) is 5.78 Å². The summed E-state index contributed by atoms with van der Waals surface area (Å²) in [5.74, 6) is 0.209. The molecule has 100 valence electrons. The van der Waals surface area contributed by atoms with E-state index in [9.17, 15) is 4.79 Å². The molecule has 0 aliphatic heterocycles. The van der Waals surface area contributed by atoms with Crippen LogP contribution in [-0.2, 0) is 13.5 Å². The molecule has 3 heteroatoms. The van der Waals surface area contributed by atoms with Gasteiger partial charge in [0.05, 0.1) is 5.69 Å². The zero-order chi connectivity index (χ0) is 14.0. The molecule has 0 saturated carbocycles. The van der Waals surface area contributed by atoms with Crippen LogP contribution in [0.4, 0.5) is 0 Å². The van der Waals surface area contributed by atoms with E-state index in [4.69, 9.17) is 0 Å². The van der Waals surface area contributed by atoms with Crippen molar-refractivity contribution in [2.75, 3.05) is 0 Å². The van der Waals surface area contributed by atoms with Crippen LogP contribution in [0.5, 0.6) is 0 Å². The molecule has 0 fully saturated rings. The van der Waals surface area contributed by atoms with Crippen LogP contribution in [-0.4, -0.2) is 15.6 Å². The van der Waals surface area contributed by atoms with Crippen LogP contribution in [0.2, 0.25) is 0 Å². The summed E-state index contributed by atoms with van der Waals surface area (Å²) in [6, 6.07) is 7.76. The molecule has 0 spiro atoms. The van der Waals surface area contributed by atoms with Gasteiger partial charge in [-0.1, -0.05) is 24.3 Å². The lowest BCUT2D eigenvalue weighted by Gasteiger charge is -2.05. The van der Waals surface area contributed by atoms with E-state index in [0.717, 1.165) is 28.9 Å². The molecule has 0 radical (unpaired) electrons. The van der Waals surface area contributed by atoms with Crippen LogP contribution >= 0.6 is 0 Å². The summed E-state index contributed by atoms with van der Waals surface area (Å²) in [6.45, 7) is 6.03. The number of Topliss-reactive ketones (excluding diaryl/α,β-unsaturated/α-hetero) is 1. The van der Waals surface area contributed by atoms with E-state index in [-0.39, 0.29) is 5.78 Å². The minimum Gasteiger partial charge on any atom is -0.294 e. The van der Waals surface area contributed by atoms with Gasteiger partial charge in [0.2, 0.25) is 0 Å². The standard InChI is InChI=1S/C16H20N2O/c1-11-7-5-6-8-14(11)16(19)10-9-15-12(2)17-18(4)13(15)3/h5-8H,9-10H2,1-4H3. The summed E-state index contributed by atoms with van der Waals surface area (Å²) in [4.78, 5) is 12.2. The Morgan fingerprint density at radius 2 is 1.89 bits per heavy atom. The van der Waals surface area contributed by atoms with E-state index in [2.05, 4.69) is 5.10 Å². The number of hydrogen-bond donors (Lipinski definition) is 0. The highest BCUT2D eigenvalue weighted by Crippen LogP contribution is 2.17. The predicted molar refractivity (Wildman–Crippen MR) is 76.5 cm³/mol. The summed E-state index contributed by atoms with van der Waals surface area (Å²) < 4.78 is 1.88. The highest BCUT2D eigenvalue weighted by atomic mass is 16.1. The Morgan fingerprint density at radius 1 is 1.21 bits per heavy atom. The van der Waals surface area contributed by atoms with Crippen LogP contribution in [0.15, 0.2) is 24.3 Å². The number of aromatic nitrogens is 2. The first-order valence-electron chi connectivity index (χ1n) is 6.58. The van der Waals surface area contributed by atoms with Crippen molar-refractivity contribution in [3.63, 3.8) is 0 Å². The maximum atomic E-state index is 12.2. The molecule has 1 heterocycles. The third-order valence-corrected chi connectivity index (χ3v) is 3.71. The second-order valence-electron chi connectivity index (χ2n) is 5.01. The molecule has 0 N–H and O–H groups in total. The summed E-state index contributed by atoms with van der Waals surface area (Å²) in [7, 11) is 1.94. The van der Waals surface area contributed by atoms with Gasteiger partial charge >= 0.3 is 0 Å². The largest absolute Gasteiger partial charge is 0.294 e. The lowest BCUT2D eigenvalue weighted by atomic mass is 9.99. The lowest BCUT2D eigenvalue weighted by molar-refractivity contribution is 0.0982. The number of rotatable bonds is 4. The van der Waals surface area contributed by atoms with Gasteiger partial charge in [-0.15, -0.1) is 0 Å². The Balaban J connectivity index is 2.11. The quantitative estimate of drug-likeness (QED) is 0.788. The molecule has 0 saturated heterocycles. The molecule has 0 unspecified atom stereocenters. The normalized spacial score (nSPS) is 10.7. The topological polar surface area (TPSA) is 34.9 Å². The SMILES string of the molecule is Cc1ccccc1C(=O)CCc1c(C)nn(C)c1C. The fraction of sp³-hybridized carbons (Fsp3) is 0.375. The van der Waals surface area contributed by atoms with Crippen LogP contribution in [0.1, 0.15) is 39.3 Å². The number of carbonyl (C=O) groups excluding carboxylic acids is 1. The van der Waals surface area contributed by atoms with Crippen LogP contribution in [0.25, 0.3) is 0 Å². The van der Waals surface area contributed by atoms with Crippen molar-refractivity contribution in [1.29, 1.82) is 0 Å². The number of hydrogen-bond acceptors (Lipinski definition) is 2. The minimum absolute atomic E-state index is 0.209. The number of benzene rings is 1. The second-order valence-corrected chi connectivity index (χ2v) is 5.01. The zero-order valence-corrected chi connectivity index (χ0v) is 12.0. The first-order chi connectivity index (χ1) is 9.00. The third-order valence-electron chi connectivity index (χ3n) is 3.71. The minimum atomic E-state index is 0.209. The first kappa shape index (κ1) is 13.5. The fourth-order valence-corrected chi connectivity index (χ4v) is 2.44. The molecule has 2 aromatic rings. The van der Waals surface area contributed by atoms with Crippen molar-refractivity contribution in [2.24, 2.45) is 7.05 Å². The molecule has 0 atom stereocenters. The average Bonchev–Trinajstić information content (AvgIpc) is 2.61. The Labute approximate surface area is 114 Å². The van der Waals surface area contributed by atoms with Crippen LogP contribution in [0, 0.1) is 20.8 Å². The molecule has 1 aromatic carbocycles. The van der Waals surface area contributed by atoms with Crippen molar-refractivity contribution in [3.05, 3.63) is 52.3 Å². The van der Waals surface area contributed by atoms with E-state index in [0.29, 0.717) is 6.42 Å². The monoisotopic (exact) mass is 256 g/mol. The van der Waals surface area contributed by atoms with Crippen LogP contribution < -0.4 is 0 Å². The van der Waals surface area contributed by atoms with E-state index >= 15 is 0 Å². The fourth-order valence-electron chi connectivity index (χ4n) is 2.44. The maximum Gasteiger partial charge on any atom is 0.163 e. The number of ketones is 1. The second kappa shape index (κ2) is 5.39. The highest BCUT2D eigenvalue weighted by Gasteiger charge is 2.13. The Bertz CT molecular complexity index is 611. The van der Waals surface area contributed by atoms with Gasteiger partial charge in [-0.25, -0.2) is 0 Å². The summed E-state index contributed by atoms with van der Waals surface area (Å²) in [5, 5.41) is 4.38. The predicted octanol–water partition coefficient (Wildman–Crippen LogP) is 3.16. The first-order valence-corrected chi connectivity index (χ1v) is 6.58. The molecule has 2 rings (SSSR count). The molecule has 0 aliphatic carbocycles. The van der Waals surface area contributed by atoms with Gasteiger partial charge in [0, 0.05) is 24.7 Å². The molecule has 1 aromatic heterocycles. The van der Waals surface area contributed by atoms with Gasteiger partial charge < -0.3 is 0 Å². The van der Waals surface area contributed by atoms with Crippen LogP contribution in [0.3, 0.4) is 0 Å². The van der Waals surface area contributed by atoms with Gasteiger partial charge in [0.25, 0.3) is 0 Å². The molecule has 0 amide bonds. The molecule has 0 aliphatic rings. The maximum absolute atomic E-state index is 12.2. The summed E-state index contributed by atoms with van der Waals surface area (Å²) in [6.07, 6.45) is 1.30. The van der Waals surface area contributed by atoms with E-state index in [1.165, 1.54) is 5.56 Å². The van der Waals surface area contributed by atoms with E-state index in [1.54, 1.807) is 0 Å². The molecule has 3 nitrogen and oxygen atoms in total. The van der Waals surface area contributed by atoms with Gasteiger partial charge in [-0.3, -0.25) is 9.48 Å². The van der Waals surface area contributed by atoms with Crippen molar-refractivity contribution >= 4 is 5.78 Å². The van der Waals surface area contributed by atoms with Crippen molar-refractivity contribution < 1.29 is 4.79 Å². The number of carbonyl (C=O) groups is 1. The lowest BCUT2D eigenvalue weighted by Crippen LogP contribution is -2.04. The van der Waals surface area contributed by atoms with Gasteiger partial charge in [0.1, 0.15) is 0 Å². The van der Waals surface area contributed by atoms with Crippen molar-refractivity contribution in [2.45, 2.75) is 33.6 Å².